The van der Waals surface area contributed by atoms with E-state index in [0.717, 1.165) is 36.8 Å². The number of hydrogen-bond acceptors (Lipinski definition) is 3. The van der Waals surface area contributed by atoms with Gasteiger partial charge in [-0.05, 0) is 56.0 Å². The van der Waals surface area contributed by atoms with E-state index in [1.807, 2.05) is 26.0 Å². The van der Waals surface area contributed by atoms with Gasteiger partial charge in [-0.2, -0.15) is 0 Å². The van der Waals surface area contributed by atoms with Crippen molar-refractivity contribution in [1.29, 1.82) is 0 Å². The van der Waals surface area contributed by atoms with E-state index in [-0.39, 0.29) is 16.8 Å². The van der Waals surface area contributed by atoms with Crippen LogP contribution >= 0.6 is 0 Å². The van der Waals surface area contributed by atoms with Gasteiger partial charge in [0.15, 0.2) is 0 Å². The van der Waals surface area contributed by atoms with Gasteiger partial charge in [0.1, 0.15) is 0 Å². The molecule has 2 aromatic rings. The number of carbonyl (C=O) groups is 1. The highest BCUT2D eigenvalue weighted by molar-refractivity contribution is 7.92. The molecule has 0 aromatic heterocycles. The van der Waals surface area contributed by atoms with Crippen molar-refractivity contribution in [3.05, 3.63) is 59.2 Å². The molecule has 0 heterocycles. The molecular weight excluding hydrogens is 348 g/mol. The van der Waals surface area contributed by atoms with Gasteiger partial charge in [-0.1, -0.05) is 37.1 Å². The summed E-state index contributed by atoms with van der Waals surface area (Å²) in [6.07, 6.45) is 4.21. The number of hydrogen-bond donors (Lipinski definition) is 2. The van der Waals surface area contributed by atoms with Crippen molar-refractivity contribution in [2.75, 3.05) is 4.72 Å². The van der Waals surface area contributed by atoms with E-state index >= 15 is 0 Å². The molecule has 0 saturated heterocycles. The average molecular weight is 372 g/mol. The molecule has 138 valence electrons. The Balaban J connectivity index is 1.86. The Hall–Kier alpha value is -2.34. The predicted octanol–water partition coefficient (Wildman–Crippen LogP) is 3.78. The first-order valence-electron chi connectivity index (χ1n) is 8.87. The number of sulfonamides is 1. The number of carbonyl (C=O) groups excluding carboxylic acids is 1. The first-order valence-corrected chi connectivity index (χ1v) is 10.3. The molecule has 1 aliphatic carbocycles. The molecule has 0 unspecified atom stereocenters. The van der Waals surface area contributed by atoms with Crippen LogP contribution in [-0.4, -0.2) is 20.4 Å². The molecule has 1 amide bonds. The molecule has 2 aromatic carbocycles. The van der Waals surface area contributed by atoms with E-state index < -0.39 is 10.0 Å². The molecule has 0 radical (unpaired) electrons. The number of nitrogens with one attached hydrogen (secondary N) is 2. The third-order valence-corrected chi connectivity index (χ3v) is 6.21. The van der Waals surface area contributed by atoms with Gasteiger partial charge in [-0.15, -0.1) is 0 Å². The Kier molecular flexibility index (Phi) is 5.32. The highest BCUT2D eigenvalue weighted by Crippen LogP contribution is 2.23. The highest BCUT2D eigenvalue weighted by Gasteiger charge is 2.22. The van der Waals surface area contributed by atoms with Crippen LogP contribution in [0.3, 0.4) is 0 Å². The summed E-state index contributed by atoms with van der Waals surface area (Å²) in [6, 6.07) is 12.0. The molecule has 1 fully saturated rings. The largest absolute Gasteiger partial charge is 0.349 e. The lowest BCUT2D eigenvalue weighted by Gasteiger charge is -2.15. The zero-order chi connectivity index (χ0) is 18.7. The van der Waals surface area contributed by atoms with Crippen molar-refractivity contribution in [2.24, 2.45) is 0 Å². The van der Waals surface area contributed by atoms with Crippen molar-refractivity contribution >= 4 is 21.6 Å². The van der Waals surface area contributed by atoms with Gasteiger partial charge in [-0.3, -0.25) is 9.52 Å². The topological polar surface area (TPSA) is 75.3 Å². The lowest BCUT2D eigenvalue weighted by Crippen LogP contribution is -2.33. The number of anilines is 1. The fraction of sp³-hybridized carbons (Fsp3) is 0.350. The van der Waals surface area contributed by atoms with Gasteiger partial charge >= 0.3 is 0 Å². The zero-order valence-corrected chi connectivity index (χ0v) is 15.9. The normalized spacial score (nSPS) is 15.0. The molecule has 1 aliphatic rings. The molecule has 0 bridgehead atoms. The molecule has 3 rings (SSSR count). The van der Waals surface area contributed by atoms with Crippen LogP contribution in [0.2, 0.25) is 0 Å². The standard InChI is InChI=1S/C20H24N2O3S/c1-14-11-12-17(13-18(14)20(23)21-16-8-4-5-9-16)26(24,25)22-19-10-6-3-7-15(19)2/h3,6-7,10-13,16,22H,4-5,8-9H2,1-2H3,(H,21,23). The third kappa shape index (κ3) is 4.07. The third-order valence-electron chi connectivity index (χ3n) is 4.84. The smallest absolute Gasteiger partial charge is 0.261 e. The summed E-state index contributed by atoms with van der Waals surface area (Å²) in [7, 11) is -3.77. The minimum absolute atomic E-state index is 0.0860. The summed E-state index contributed by atoms with van der Waals surface area (Å²) in [5.74, 6) is -0.206. The number of benzene rings is 2. The highest BCUT2D eigenvalue weighted by atomic mass is 32.2. The van der Waals surface area contributed by atoms with Crippen LogP contribution in [0.15, 0.2) is 47.4 Å². The number of aryl methyl sites for hydroxylation is 2. The Morgan fingerprint density at radius 2 is 1.69 bits per heavy atom. The van der Waals surface area contributed by atoms with E-state index in [4.69, 9.17) is 0 Å². The van der Waals surface area contributed by atoms with E-state index in [0.29, 0.717) is 11.3 Å². The van der Waals surface area contributed by atoms with Crippen LogP contribution in [0.1, 0.15) is 47.2 Å². The molecule has 6 heteroatoms. The average Bonchev–Trinajstić information content (AvgIpc) is 3.10. The summed E-state index contributed by atoms with van der Waals surface area (Å²) in [5, 5.41) is 3.02. The maximum Gasteiger partial charge on any atom is 0.261 e. The fourth-order valence-electron chi connectivity index (χ4n) is 3.24. The first kappa shape index (κ1) is 18.5. The molecule has 5 nitrogen and oxygen atoms in total. The van der Waals surface area contributed by atoms with E-state index in [9.17, 15) is 13.2 Å². The SMILES string of the molecule is Cc1ccccc1NS(=O)(=O)c1ccc(C)c(C(=O)NC2CCCC2)c1. The Morgan fingerprint density at radius 3 is 2.38 bits per heavy atom. The minimum atomic E-state index is -3.77. The van der Waals surface area contributed by atoms with Crippen molar-refractivity contribution in [3.63, 3.8) is 0 Å². The van der Waals surface area contributed by atoms with Crippen molar-refractivity contribution in [2.45, 2.75) is 50.5 Å². The molecular formula is C20H24N2O3S. The predicted molar refractivity (Wildman–Crippen MR) is 103 cm³/mol. The lowest BCUT2D eigenvalue weighted by molar-refractivity contribution is 0.0937. The molecule has 0 aliphatic heterocycles. The van der Waals surface area contributed by atoms with E-state index in [2.05, 4.69) is 10.0 Å². The summed E-state index contributed by atoms with van der Waals surface area (Å²) in [4.78, 5) is 12.7. The summed E-state index contributed by atoms with van der Waals surface area (Å²) in [6.45, 7) is 3.65. The summed E-state index contributed by atoms with van der Waals surface area (Å²) < 4.78 is 28.1. The first-order chi connectivity index (χ1) is 12.4. The second kappa shape index (κ2) is 7.50. The fourth-order valence-corrected chi connectivity index (χ4v) is 4.39. The van der Waals surface area contributed by atoms with Crippen LogP contribution in [0.5, 0.6) is 0 Å². The van der Waals surface area contributed by atoms with Crippen LogP contribution < -0.4 is 10.0 Å². The van der Waals surface area contributed by atoms with Crippen LogP contribution in [0.4, 0.5) is 5.69 Å². The van der Waals surface area contributed by atoms with Gasteiger partial charge in [0, 0.05) is 11.6 Å². The van der Waals surface area contributed by atoms with Gasteiger partial charge in [-0.25, -0.2) is 8.42 Å². The van der Waals surface area contributed by atoms with Gasteiger partial charge in [0.2, 0.25) is 0 Å². The monoisotopic (exact) mass is 372 g/mol. The second-order valence-electron chi connectivity index (χ2n) is 6.85. The van der Waals surface area contributed by atoms with Gasteiger partial charge in [0.25, 0.3) is 15.9 Å². The maximum absolute atomic E-state index is 12.7. The minimum Gasteiger partial charge on any atom is -0.349 e. The molecule has 0 atom stereocenters. The number of rotatable bonds is 5. The molecule has 0 spiro atoms. The van der Waals surface area contributed by atoms with Crippen LogP contribution in [0, 0.1) is 13.8 Å². The summed E-state index contributed by atoms with van der Waals surface area (Å²) >= 11 is 0. The molecule has 2 N–H and O–H groups in total. The van der Waals surface area contributed by atoms with Crippen molar-refractivity contribution in [1.82, 2.24) is 5.32 Å². The Morgan fingerprint density at radius 1 is 1.00 bits per heavy atom. The van der Waals surface area contributed by atoms with Gasteiger partial charge < -0.3 is 5.32 Å². The van der Waals surface area contributed by atoms with Crippen LogP contribution in [-0.2, 0) is 10.0 Å². The van der Waals surface area contributed by atoms with E-state index in [1.165, 1.54) is 12.1 Å². The van der Waals surface area contributed by atoms with Crippen LogP contribution in [0.25, 0.3) is 0 Å². The second-order valence-corrected chi connectivity index (χ2v) is 8.53. The van der Waals surface area contributed by atoms with Gasteiger partial charge in [0.05, 0.1) is 10.6 Å². The molecule has 1 saturated carbocycles. The zero-order valence-electron chi connectivity index (χ0n) is 15.1. The Labute approximate surface area is 154 Å². The van der Waals surface area contributed by atoms with Crippen molar-refractivity contribution < 1.29 is 13.2 Å². The lowest BCUT2D eigenvalue weighted by atomic mass is 10.1. The van der Waals surface area contributed by atoms with Crippen molar-refractivity contribution in [3.8, 4) is 0 Å². The summed E-state index contributed by atoms with van der Waals surface area (Å²) in [5.41, 5.74) is 2.53. The number of amides is 1. The maximum atomic E-state index is 12.7. The molecule has 26 heavy (non-hydrogen) atoms. The number of para-hydroxylation sites is 1. The quantitative estimate of drug-likeness (QED) is 0.839. The Bertz CT molecular complexity index is 916. The van der Waals surface area contributed by atoms with E-state index in [1.54, 1.807) is 18.2 Å².